The number of hydrogen-bond donors (Lipinski definition) is 2. The minimum Gasteiger partial charge on any atom is -0.493 e. The van der Waals surface area contributed by atoms with Crippen molar-refractivity contribution >= 4 is 11.6 Å². The second-order valence-corrected chi connectivity index (χ2v) is 7.35. The van der Waals surface area contributed by atoms with Crippen LogP contribution >= 0.6 is 11.6 Å². The lowest BCUT2D eigenvalue weighted by Crippen LogP contribution is -2.21. The highest BCUT2D eigenvalue weighted by atomic mass is 35.5. The van der Waals surface area contributed by atoms with Gasteiger partial charge in [-0.2, -0.15) is 0 Å². The van der Waals surface area contributed by atoms with Crippen LogP contribution in [0.2, 0.25) is 5.02 Å². The van der Waals surface area contributed by atoms with Gasteiger partial charge >= 0.3 is 0 Å². The monoisotopic (exact) mass is 411 g/mol. The summed E-state index contributed by atoms with van der Waals surface area (Å²) in [7, 11) is 1.60. The summed E-state index contributed by atoms with van der Waals surface area (Å²) in [6.07, 6.45) is -0.564. The molecular formula is C24H26ClNO3. The fourth-order valence-electron chi connectivity index (χ4n) is 3.00. The third-order valence-corrected chi connectivity index (χ3v) is 4.92. The summed E-state index contributed by atoms with van der Waals surface area (Å²) in [6.45, 7) is 3.46. The van der Waals surface area contributed by atoms with E-state index in [1.54, 1.807) is 7.11 Å². The van der Waals surface area contributed by atoms with Gasteiger partial charge in [0.15, 0.2) is 11.5 Å². The Morgan fingerprint density at radius 1 is 1.00 bits per heavy atom. The Morgan fingerprint density at radius 3 is 2.41 bits per heavy atom. The van der Waals surface area contributed by atoms with Crippen LogP contribution < -0.4 is 14.8 Å². The van der Waals surface area contributed by atoms with E-state index in [9.17, 15) is 5.11 Å². The van der Waals surface area contributed by atoms with Gasteiger partial charge in [-0.1, -0.05) is 71.8 Å². The zero-order valence-corrected chi connectivity index (χ0v) is 17.4. The Labute approximate surface area is 177 Å². The molecule has 0 saturated heterocycles. The van der Waals surface area contributed by atoms with Gasteiger partial charge in [-0.25, -0.2) is 0 Å². The SMILES string of the molecule is COc1cc(CNC[C@H](O)c2ccccc2)cc(Cl)c1OCc1ccc(C)cc1. The lowest BCUT2D eigenvalue weighted by Gasteiger charge is -2.16. The predicted molar refractivity (Wildman–Crippen MR) is 117 cm³/mol. The average Bonchev–Trinajstić information content (AvgIpc) is 2.74. The van der Waals surface area contributed by atoms with Crippen molar-refractivity contribution in [1.82, 2.24) is 5.32 Å². The van der Waals surface area contributed by atoms with Gasteiger partial charge in [-0.15, -0.1) is 0 Å². The number of methoxy groups -OCH3 is 1. The normalized spacial score (nSPS) is 11.9. The van der Waals surface area contributed by atoms with Gasteiger partial charge in [0.05, 0.1) is 18.2 Å². The smallest absolute Gasteiger partial charge is 0.180 e. The number of halogens is 1. The van der Waals surface area contributed by atoms with E-state index in [1.165, 1.54) is 5.56 Å². The largest absolute Gasteiger partial charge is 0.493 e. The van der Waals surface area contributed by atoms with Gasteiger partial charge in [0.25, 0.3) is 0 Å². The maximum Gasteiger partial charge on any atom is 0.180 e. The van der Waals surface area contributed by atoms with Crippen molar-refractivity contribution in [3.05, 3.63) is 94.0 Å². The van der Waals surface area contributed by atoms with Crippen molar-refractivity contribution in [3.8, 4) is 11.5 Å². The van der Waals surface area contributed by atoms with Crippen LogP contribution in [0.5, 0.6) is 11.5 Å². The maximum absolute atomic E-state index is 10.3. The number of nitrogens with one attached hydrogen (secondary N) is 1. The molecule has 0 aromatic heterocycles. The summed E-state index contributed by atoms with van der Waals surface area (Å²) in [4.78, 5) is 0. The van der Waals surface area contributed by atoms with Crippen LogP contribution in [0.3, 0.4) is 0 Å². The van der Waals surface area contributed by atoms with Gasteiger partial charge in [0, 0.05) is 13.1 Å². The number of aryl methyl sites for hydroxylation is 1. The summed E-state index contributed by atoms with van der Waals surface area (Å²) in [6, 6.07) is 21.5. The molecule has 2 N–H and O–H groups in total. The maximum atomic E-state index is 10.3. The molecule has 3 rings (SSSR count). The van der Waals surface area contributed by atoms with E-state index >= 15 is 0 Å². The fourth-order valence-corrected chi connectivity index (χ4v) is 3.29. The van der Waals surface area contributed by atoms with Crippen molar-refractivity contribution in [2.45, 2.75) is 26.2 Å². The van der Waals surface area contributed by atoms with Crippen LogP contribution in [0.15, 0.2) is 66.7 Å². The van der Waals surface area contributed by atoms with Gasteiger partial charge < -0.3 is 19.9 Å². The fraction of sp³-hybridized carbons (Fsp3) is 0.250. The number of hydrogen-bond acceptors (Lipinski definition) is 4. The number of aliphatic hydroxyl groups excluding tert-OH is 1. The molecule has 0 aliphatic carbocycles. The standard InChI is InChI=1S/C24H26ClNO3/c1-17-8-10-18(11-9-17)16-29-24-21(25)12-19(13-23(24)28-2)14-26-15-22(27)20-6-4-3-5-7-20/h3-13,22,26-27H,14-16H2,1-2H3/t22-/m0/s1. The summed E-state index contributed by atoms with van der Waals surface area (Å²) >= 11 is 6.46. The Hall–Kier alpha value is -2.53. The third-order valence-electron chi connectivity index (χ3n) is 4.64. The summed E-state index contributed by atoms with van der Waals surface area (Å²) in [5.41, 5.74) is 4.11. The summed E-state index contributed by atoms with van der Waals surface area (Å²) < 4.78 is 11.4. The zero-order chi connectivity index (χ0) is 20.6. The zero-order valence-electron chi connectivity index (χ0n) is 16.7. The molecule has 5 heteroatoms. The second-order valence-electron chi connectivity index (χ2n) is 6.94. The van der Waals surface area contributed by atoms with Gasteiger partial charge in [-0.3, -0.25) is 0 Å². The molecule has 0 fully saturated rings. The molecule has 152 valence electrons. The third kappa shape index (κ3) is 5.97. The Bertz CT molecular complexity index is 913. The molecule has 29 heavy (non-hydrogen) atoms. The van der Waals surface area contributed by atoms with Crippen LogP contribution in [-0.4, -0.2) is 18.8 Å². The first-order chi connectivity index (χ1) is 14.1. The molecule has 0 spiro atoms. The van der Waals surface area contributed by atoms with Crippen LogP contribution in [0, 0.1) is 6.92 Å². The molecule has 0 unspecified atom stereocenters. The van der Waals surface area contributed by atoms with E-state index in [-0.39, 0.29) is 0 Å². The van der Waals surface area contributed by atoms with Gasteiger partial charge in [-0.05, 0) is 35.7 Å². The number of rotatable bonds is 9. The van der Waals surface area contributed by atoms with Crippen molar-refractivity contribution in [2.24, 2.45) is 0 Å². The molecule has 0 aliphatic heterocycles. The first kappa shape index (κ1) is 21.2. The molecule has 0 aliphatic rings. The van der Waals surface area contributed by atoms with E-state index in [0.29, 0.717) is 36.2 Å². The van der Waals surface area contributed by atoms with Crippen molar-refractivity contribution in [1.29, 1.82) is 0 Å². The summed E-state index contributed by atoms with van der Waals surface area (Å²) in [5.74, 6) is 1.12. The van der Waals surface area contributed by atoms with Crippen LogP contribution in [0.4, 0.5) is 0 Å². The molecule has 0 saturated carbocycles. The highest BCUT2D eigenvalue weighted by Crippen LogP contribution is 2.37. The molecule has 0 radical (unpaired) electrons. The van der Waals surface area contributed by atoms with Crippen molar-refractivity contribution in [2.75, 3.05) is 13.7 Å². The average molecular weight is 412 g/mol. The van der Waals surface area contributed by atoms with Gasteiger partial charge in [0.2, 0.25) is 0 Å². The van der Waals surface area contributed by atoms with Crippen LogP contribution in [-0.2, 0) is 13.2 Å². The van der Waals surface area contributed by atoms with E-state index in [0.717, 1.165) is 16.7 Å². The van der Waals surface area contributed by atoms with E-state index < -0.39 is 6.10 Å². The second kappa shape index (κ2) is 10.3. The lowest BCUT2D eigenvalue weighted by molar-refractivity contribution is 0.174. The number of ether oxygens (including phenoxy) is 2. The molecular weight excluding hydrogens is 386 g/mol. The first-order valence-electron chi connectivity index (χ1n) is 9.55. The highest BCUT2D eigenvalue weighted by Gasteiger charge is 2.13. The van der Waals surface area contributed by atoms with Crippen LogP contribution in [0.1, 0.15) is 28.4 Å². The minimum atomic E-state index is -0.564. The molecule has 1 atom stereocenters. The van der Waals surface area contributed by atoms with Crippen molar-refractivity contribution < 1.29 is 14.6 Å². The van der Waals surface area contributed by atoms with Crippen molar-refractivity contribution in [3.63, 3.8) is 0 Å². The molecule has 3 aromatic carbocycles. The Morgan fingerprint density at radius 2 is 1.72 bits per heavy atom. The lowest BCUT2D eigenvalue weighted by atomic mass is 10.1. The Kier molecular flexibility index (Phi) is 7.53. The molecule has 4 nitrogen and oxygen atoms in total. The Balaban J connectivity index is 1.60. The first-order valence-corrected chi connectivity index (χ1v) is 9.93. The molecule has 0 bridgehead atoms. The van der Waals surface area contributed by atoms with E-state index in [4.69, 9.17) is 21.1 Å². The molecule has 0 heterocycles. The minimum absolute atomic E-state index is 0.414. The topological polar surface area (TPSA) is 50.7 Å². The van der Waals surface area contributed by atoms with Gasteiger partial charge in [0.1, 0.15) is 6.61 Å². The van der Waals surface area contributed by atoms with Crippen LogP contribution in [0.25, 0.3) is 0 Å². The van der Waals surface area contributed by atoms with E-state index in [1.807, 2.05) is 54.6 Å². The highest BCUT2D eigenvalue weighted by molar-refractivity contribution is 6.32. The predicted octanol–water partition coefficient (Wildman–Crippen LogP) is 5.06. The number of benzene rings is 3. The van der Waals surface area contributed by atoms with E-state index in [2.05, 4.69) is 24.4 Å². The number of aliphatic hydroxyl groups is 1. The molecule has 3 aromatic rings. The summed E-state index contributed by atoms with van der Waals surface area (Å²) in [5, 5.41) is 14.0. The quantitative estimate of drug-likeness (QED) is 0.516. The molecule has 0 amide bonds.